The van der Waals surface area contributed by atoms with Crippen molar-refractivity contribution in [3.8, 4) is 0 Å². The second-order valence-electron chi connectivity index (χ2n) is 5.22. The van der Waals surface area contributed by atoms with Gasteiger partial charge in [0.15, 0.2) is 5.11 Å². The molecule has 0 amide bonds. The zero-order valence-electron chi connectivity index (χ0n) is 12.4. The molecule has 0 saturated heterocycles. The predicted molar refractivity (Wildman–Crippen MR) is 96.6 cm³/mol. The van der Waals surface area contributed by atoms with Crippen LogP contribution in [0.1, 0.15) is 25.3 Å². The van der Waals surface area contributed by atoms with Gasteiger partial charge < -0.3 is 10.2 Å². The number of thiocarbonyl (C=S) groups is 1. The smallest absolute Gasteiger partial charge is 0.177 e. The molecule has 0 heterocycles. The van der Waals surface area contributed by atoms with Gasteiger partial charge in [0, 0.05) is 12.7 Å². The molecule has 0 unspecified atom stereocenters. The molecule has 2 aromatic rings. The molecule has 2 aromatic carbocycles. The molecule has 4 heteroatoms. The molecule has 0 spiro atoms. The monoisotopic (exact) mass is 318 g/mol. The van der Waals surface area contributed by atoms with Crippen molar-refractivity contribution in [2.45, 2.75) is 19.8 Å². The Bertz CT molecular complexity index is 623. The van der Waals surface area contributed by atoms with Crippen LogP contribution in [0.2, 0.25) is 5.02 Å². The first-order valence-corrected chi connectivity index (χ1v) is 7.67. The van der Waals surface area contributed by atoms with E-state index >= 15 is 0 Å². The summed E-state index contributed by atoms with van der Waals surface area (Å²) in [7, 11) is 1.90. The van der Waals surface area contributed by atoms with Gasteiger partial charge in [0.1, 0.15) is 0 Å². The molecule has 0 saturated carbocycles. The van der Waals surface area contributed by atoms with Gasteiger partial charge in [0.2, 0.25) is 0 Å². The molecule has 2 nitrogen and oxygen atoms in total. The summed E-state index contributed by atoms with van der Waals surface area (Å²) in [5, 5.41) is 4.52. The van der Waals surface area contributed by atoms with Gasteiger partial charge in [-0.1, -0.05) is 49.7 Å². The van der Waals surface area contributed by atoms with Crippen LogP contribution in [0.25, 0.3) is 0 Å². The van der Waals surface area contributed by atoms with Gasteiger partial charge in [-0.2, -0.15) is 0 Å². The Morgan fingerprint density at radius 3 is 2.29 bits per heavy atom. The van der Waals surface area contributed by atoms with E-state index in [4.69, 9.17) is 23.8 Å². The highest BCUT2D eigenvalue weighted by molar-refractivity contribution is 7.80. The molecule has 0 aliphatic carbocycles. The number of nitrogens with zero attached hydrogens (tertiary/aromatic N) is 1. The van der Waals surface area contributed by atoms with Crippen molar-refractivity contribution in [1.29, 1.82) is 0 Å². The number of hydrogen-bond acceptors (Lipinski definition) is 1. The largest absolute Gasteiger partial charge is 0.332 e. The maximum Gasteiger partial charge on any atom is 0.177 e. The van der Waals surface area contributed by atoms with Crippen LogP contribution >= 0.6 is 23.8 Å². The van der Waals surface area contributed by atoms with Crippen LogP contribution in [0.15, 0.2) is 48.5 Å². The number of anilines is 2. The fourth-order valence-electron chi connectivity index (χ4n) is 1.99. The van der Waals surface area contributed by atoms with E-state index in [1.807, 2.05) is 48.3 Å². The SMILES string of the molecule is CC(C)c1ccc(NC(=S)N(C)c2ccccc2Cl)cc1. The minimum atomic E-state index is 0.525. The number of rotatable bonds is 3. The van der Waals surface area contributed by atoms with Crippen molar-refractivity contribution in [3.63, 3.8) is 0 Å². The van der Waals surface area contributed by atoms with E-state index in [1.54, 1.807) is 0 Å². The maximum atomic E-state index is 6.19. The van der Waals surface area contributed by atoms with Crippen molar-refractivity contribution in [2.24, 2.45) is 0 Å². The number of hydrogen-bond donors (Lipinski definition) is 1. The normalized spacial score (nSPS) is 10.5. The number of nitrogens with one attached hydrogen (secondary N) is 1. The van der Waals surface area contributed by atoms with Gasteiger partial charge in [-0.25, -0.2) is 0 Å². The average molecular weight is 319 g/mol. The highest BCUT2D eigenvalue weighted by atomic mass is 35.5. The summed E-state index contributed by atoms with van der Waals surface area (Å²) < 4.78 is 0. The zero-order chi connectivity index (χ0) is 15.4. The molecule has 0 aliphatic heterocycles. The molecule has 0 aromatic heterocycles. The number of halogens is 1. The maximum absolute atomic E-state index is 6.19. The van der Waals surface area contributed by atoms with Crippen LogP contribution in [-0.4, -0.2) is 12.2 Å². The minimum Gasteiger partial charge on any atom is -0.332 e. The van der Waals surface area contributed by atoms with Crippen LogP contribution in [-0.2, 0) is 0 Å². The Morgan fingerprint density at radius 1 is 1.10 bits per heavy atom. The summed E-state index contributed by atoms with van der Waals surface area (Å²) in [6.45, 7) is 4.36. The summed E-state index contributed by atoms with van der Waals surface area (Å²) in [5.74, 6) is 0.525. The fourth-order valence-corrected chi connectivity index (χ4v) is 2.47. The highest BCUT2D eigenvalue weighted by Gasteiger charge is 2.10. The topological polar surface area (TPSA) is 15.3 Å². The summed E-state index contributed by atoms with van der Waals surface area (Å²) in [6, 6.07) is 16.0. The van der Waals surface area contributed by atoms with Crippen molar-refractivity contribution in [1.82, 2.24) is 0 Å². The van der Waals surface area contributed by atoms with Gasteiger partial charge in [0.05, 0.1) is 10.7 Å². The molecule has 0 radical (unpaired) electrons. The summed E-state index contributed by atoms with van der Waals surface area (Å²) in [4.78, 5) is 1.87. The fraction of sp³-hybridized carbons (Fsp3) is 0.235. The third-order valence-electron chi connectivity index (χ3n) is 3.35. The van der Waals surface area contributed by atoms with Crippen molar-refractivity contribution >= 4 is 40.3 Å². The van der Waals surface area contributed by atoms with E-state index in [0.717, 1.165) is 11.4 Å². The van der Waals surface area contributed by atoms with Crippen LogP contribution in [0.5, 0.6) is 0 Å². The lowest BCUT2D eigenvalue weighted by atomic mass is 10.0. The minimum absolute atomic E-state index is 0.525. The third kappa shape index (κ3) is 3.96. The van der Waals surface area contributed by atoms with Crippen molar-refractivity contribution in [3.05, 3.63) is 59.1 Å². The molecule has 2 rings (SSSR count). The lowest BCUT2D eigenvalue weighted by Crippen LogP contribution is -2.31. The van der Waals surface area contributed by atoms with E-state index in [0.29, 0.717) is 16.1 Å². The highest BCUT2D eigenvalue weighted by Crippen LogP contribution is 2.25. The Morgan fingerprint density at radius 2 is 1.71 bits per heavy atom. The first-order valence-electron chi connectivity index (χ1n) is 6.88. The standard InChI is InChI=1S/C17H19ClN2S/c1-12(2)13-8-10-14(11-9-13)19-17(21)20(3)16-7-5-4-6-15(16)18/h4-12H,1-3H3,(H,19,21). The van der Waals surface area contributed by atoms with Gasteiger partial charge in [0.25, 0.3) is 0 Å². The molecule has 21 heavy (non-hydrogen) atoms. The van der Waals surface area contributed by atoms with E-state index in [1.165, 1.54) is 5.56 Å². The van der Waals surface area contributed by atoms with Crippen molar-refractivity contribution < 1.29 is 0 Å². The Hall–Kier alpha value is -1.58. The number of para-hydroxylation sites is 1. The van der Waals surface area contributed by atoms with Crippen LogP contribution in [0.3, 0.4) is 0 Å². The van der Waals surface area contributed by atoms with E-state index in [-0.39, 0.29) is 0 Å². The van der Waals surface area contributed by atoms with Crippen LogP contribution < -0.4 is 10.2 Å². The second-order valence-corrected chi connectivity index (χ2v) is 6.01. The lowest BCUT2D eigenvalue weighted by Gasteiger charge is -2.22. The predicted octanol–water partition coefficient (Wildman–Crippen LogP) is 5.30. The Labute approximate surface area is 136 Å². The van der Waals surface area contributed by atoms with Gasteiger partial charge >= 0.3 is 0 Å². The van der Waals surface area contributed by atoms with Crippen LogP contribution in [0.4, 0.5) is 11.4 Å². The number of benzene rings is 2. The van der Waals surface area contributed by atoms with E-state index in [2.05, 4.69) is 31.3 Å². The van der Waals surface area contributed by atoms with E-state index in [9.17, 15) is 0 Å². The molecule has 110 valence electrons. The molecule has 0 atom stereocenters. The summed E-state index contributed by atoms with van der Waals surface area (Å²) in [6.07, 6.45) is 0. The first-order chi connectivity index (χ1) is 9.99. The molecular formula is C17H19ClN2S. The Balaban J connectivity index is 2.09. The molecular weight excluding hydrogens is 300 g/mol. The molecule has 0 bridgehead atoms. The van der Waals surface area contributed by atoms with Crippen molar-refractivity contribution in [2.75, 3.05) is 17.3 Å². The van der Waals surface area contributed by atoms with Gasteiger partial charge in [-0.15, -0.1) is 0 Å². The molecule has 1 N–H and O–H groups in total. The lowest BCUT2D eigenvalue weighted by molar-refractivity contribution is 0.867. The summed E-state index contributed by atoms with van der Waals surface area (Å²) >= 11 is 11.6. The van der Waals surface area contributed by atoms with Gasteiger partial charge in [-0.05, 0) is 48.0 Å². The first kappa shape index (κ1) is 15.8. The quantitative estimate of drug-likeness (QED) is 0.773. The molecule has 0 aliphatic rings. The van der Waals surface area contributed by atoms with E-state index < -0.39 is 0 Å². The summed E-state index contributed by atoms with van der Waals surface area (Å²) in [5.41, 5.74) is 3.17. The van der Waals surface area contributed by atoms with Crippen LogP contribution in [0, 0.1) is 0 Å². The second kappa shape index (κ2) is 6.92. The average Bonchev–Trinajstić information content (AvgIpc) is 2.47. The third-order valence-corrected chi connectivity index (χ3v) is 4.04. The molecule has 0 fully saturated rings. The van der Waals surface area contributed by atoms with Gasteiger partial charge in [-0.3, -0.25) is 0 Å². The zero-order valence-corrected chi connectivity index (χ0v) is 14.0. The Kier molecular flexibility index (Phi) is 5.21.